The second-order valence-electron chi connectivity index (χ2n) is 5.53. The maximum atomic E-state index is 12.4. The van der Waals surface area contributed by atoms with E-state index in [4.69, 9.17) is 4.74 Å². The van der Waals surface area contributed by atoms with Gasteiger partial charge in [-0.25, -0.2) is 4.79 Å². The van der Waals surface area contributed by atoms with Gasteiger partial charge in [0.25, 0.3) is 0 Å². The molecule has 1 atom stereocenters. The van der Waals surface area contributed by atoms with Gasteiger partial charge < -0.3 is 4.74 Å². The SMILES string of the molecule is CCC(=O)C1Cc2cccc(Cc3ccccc3)c2C(=O)O1. The van der Waals surface area contributed by atoms with Crippen molar-refractivity contribution in [1.29, 1.82) is 0 Å². The van der Waals surface area contributed by atoms with Gasteiger partial charge in [-0.1, -0.05) is 55.5 Å². The Kier molecular flexibility index (Phi) is 4.05. The Hall–Kier alpha value is -2.42. The van der Waals surface area contributed by atoms with Crippen LogP contribution in [-0.2, 0) is 22.4 Å². The molecule has 0 aliphatic carbocycles. The maximum absolute atomic E-state index is 12.4. The summed E-state index contributed by atoms with van der Waals surface area (Å²) in [5, 5.41) is 0. The summed E-state index contributed by atoms with van der Waals surface area (Å²) in [6.07, 6.45) is 0.927. The van der Waals surface area contributed by atoms with Crippen LogP contribution in [0.2, 0.25) is 0 Å². The number of fused-ring (bicyclic) bond motifs is 1. The van der Waals surface area contributed by atoms with E-state index in [1.807, 2.05) is 48.5 Å². The molecule has 3 rings (SSSR count). The van der Waals surface area contributed by atoms with Crippen LogP contribution < -0.4 is 0 Å². The van der Waals surface area contributed by atoms with Crippen LogP contribution in [0.25, 0.3) is 0 Å². The molecule has 3 nitrogen and oxygen atoms in total. The van der Waals surface area contributed by atoms with Gasteiger partial charge >= 0.3 is 5.97 Å². The van der Waals surface area contributed by atoms with Crippen molar-refractivity contribution in [2.24, 2.45) is 0 Å². The number of carbonyl (C=O) groups is 2. The van der Waals surface area contributed by atoms with Gasteiger partial charge in [-0.05, 0) is 23.1 Å². The van der Waals surface area contributed by atoms with Gasteiger partial charge in [-0.15, -0.1) is 0 Å². The second kappa shape index (κ2) is 6.14. The van der Waals surface area contributed by atoms with Crippen LogP contribution in [-0.4, -0.2) is 17.9 Å². The van der Waals surface area contributed by atoms with Crippen LogP contribution in [0.5, 0.6) is 0 Å². The van der Waals surface area contributed by atoms with Crippen molar-refractivity contribution in [3.63, 3.8) is 0 Å². The minimum atomic E-state index is -0.628. The lowest BCUT2D eigenvalue weighted by Gasteiger charge is -2.25. The van der Waals surface area contributed by atoms with Crippen molar-refractivity contribution in [1.82, 2.24) is 0 Å². The summed E-state index contributed by atoms with van der Waals surface area (Å²) in [5.41, 5.74) is 3.65. The van der Waals surface area contributed by atoms with Gasteiger partial charge in [-0.3, -0.25) is 4.79 Å². The summed E-state index contributed by atoms with van der Waals surface area (Å²) in [5.74, 6) is -0.396. The fourth-order valence-electron chi connectivity index (χ4n) is 2.89. The Morgan fingerprint density at radius 1 is 1.14 bits per heavy atom. The van der Waals surface area contributed by atoms with E-state index >= 15 is 0 Å². The van der Waals surface area contributed by atoms with E-state index in [9.17, 15) is 9.59 Å². The highest BCUT2D eigenvalue weighted by Gasteiger charge is 2.31. The molecule has 0 bridgehead atoms. The number of ether oxygens (including phenoxy) is 1. The highest BCUT2D eigenvalue weighted by molar-refractivity contribution is 5.97. The van der Waals surface area contributed by atoms with Gasteiger partial charge in [0.2, 0.25) is 0 Å². The van der Waals surface area contributed by atoms with Crippen LogP contribution in [0.4, 0.5) is 0 Å². The summed E-state index contributed by atoms with van der Waals surface area (Å²) in [6.45, 7) is 1.79. The summed E-state index contributed by atoms with van der Waals surface area (Å²) in [7, 11) is 0. The molecule has 0 amide bonds. The molecule has 2 aromatic carbocycles. The summed E-state index contributed by atoms with van der Waals surface area (Å²) < 4.78 is 5.36. The number of ketones is 1. The molecule has 0 N–H and O–H groups in total. The van der Waals surface area contributed by atoms with Crippen LogP contribution >= 0.6 is 0 Å². The lowest BCUT2D eigenvalue weighted by molar-refractivity contribution is -0.127. The fourth-order valence-corrected chi connectivity index (χ4v) is 2.89. The van der Waals surface area contributed by atoms with E-state index in [0.717, 1.165) is 16.7 Å². The van der Waals surface area contributed by atoms with Gasteiger partial charge in [0.05, 0.1) is 5.56 Å². The van der Waals surface area contributed by atoms with Crippen LogP contribution in [0, 0.1) is 0 Å². The Balaban J connectivity index is 1.93. The van der Waals surface area contributed by atoms with E-state index in [-0.39, 0.29) is 11.8 Å². The van der Waals surface area contributed by atoms with Crippen molar-refractivity contribution in [3.05, 3.63) is 70.8 Å². The standard InChI is InChI=1S/C19H18O3/c1-2-16(20)17-12-15-10-6-9-14(18(15)19(21)22-17)11-13-7-4-3-5-8-13/h3-10,17H,2,11-12H2,1H3. The van der Waals surface area contributed by atoms with Crippen molar-refractivity contribution >= 4 is 11.8 Å². The molecule has 0 fully saturated rings. The molecule has 0 saturated heterocycles. The smallest absolute Gasteiger partial charge is 0.339 e. The fraction of sp³-hybridized carbons (Fsp3) is 0.263. The molecule has 2 aromatic rings. The average Bonchev–Trinajstić information content (AvgIpc) is 2.55. The predicted molar refractivity (Wildman–Crippen MR) is 83.9 cm³/mol. The monoisotopic (exact) mass is 294 g/mol. The van der Waals surface area contributed by atoms with Crippen molar-refractivity contribution < 1.29 is 14.3 Å². The van der Waals surface area contributed by atoms with E-state index in [0.29, 0.717) is 24.8 Å². The van der Waals surface area contributed by atoms with Crippen LogP contribution in [0.15, 0.2) is 48.5 Å². The first kappa shape index (κ1) is 14.5. The first-order valence-corrected chi connectivity index (χ1v) is 7.57. The zero-order valence-corrected chi connectivity index (χ0v) is 12.5. The van der Waals surface area contributed by atoms with Crippen molar-refractivity contribution in [2.75, 3.05) is 0 Å². The summed E-state index contributed by atoms with van der Waals surface area (Å²) in [6, 6.07) is 15.8. The second-order valence-corrected chi connectivity index (χ2v) is 5.53. The molecule has 22 heavy (non-hydrogen) atoms. The largest absolute Gasteiger partial charge is 0.450 e. The van der Waals surface area contributed by atoms with Crippen LogP contribution in [0.1, 0.15) is 40.4 Å². The van der Waals surface area contributed by atoms with Gasteiger partial charge in [-0.2, -0.15) is 0 Å². The molecule has 1 unspecified atom stereocenters. The quantitative estimate of drug-likeness (QED) is 0.812. The highest BCUT2D eigenvalue weighted by Crippen LogP contribution is 2.26. The first-order chi connectivity index (χ1) is 10.7. The number of cyclic esters (lactones) is 1. The molecular weight excluding hydrogens is 276 g/mol. The molecule has 112 valence electrons. The number of hydrogen-bond acceptors (Lipinski definition) is 3. The minimum Gasteiger partial charge on any atom is -0.450 e. The van der Waals surface area contributed by atoms with Gasteiger partial charge in [0.1, 0.15) is 0 Å². The number of benzene rings is 2. The predicted octanol–water partition coefficient (Wildman–Crippen LogP) is 3.34. The first-order valence-electron chi connectivity index (χ1n) is 7.57. The summed E-state index contributed by atoms with van der Waals surface area (Å²) >= 11 is 0. The highest BCUT2D eigenvalue weighted by atomic mass is 16.5. The number of carbonyl (C=O) groups excluding carboxylic acids is 2. The number of hydrogen-bond donors (Lipinski definition) is 0. The molecule has 0 radical (unpaired) electrons. The number of rotatable bonds is 4. The zero-order chi connectivity index (χ0) is 15.5. The molecule has 0 spiro atoms. The molecule has 1 heterocycles. The van der Waals surface area contributed by atoms with Gasteiger partial charge in [0.15, 0.2) is 11.9 Å². The van der Waals surface area contributed by atoms with Crippen molar-refractivity contribution in [3.8, 4) is 0 Å². The third-order valence-corrected chi connectivity index (χ3v) is 4.04. The number of Topliss-reactive ketones (excluding diaryl/α,β-unsaturated/α-hetero) is 1. The van der Waals surface area contributed by atoms with E-state index < -0.39 is 6.10 Å². The Bertz CT molecular complexity index is 704. The number of esters is 1. The third kappa shape index (κ3) is 2.80. The molecule has 0 aromatic heterocycles. The van der Waals surface area contributed by atoms with E-state index in [1.165, 1.54) is 0 Å². The molecule has 0 saturated carbocycles. The average molecular weight is 294 g/mol. The van der Waals surface area contributed by atoms with E-state index in [1.54, 1.807) is 6.92 Å². The maximum Gasteiger partial charge on any atom is 0.339 e. The minimum absolute atomic E-state index is 0.0209. The van der Waals surface area contributed by atoms with E-state index in [2.05, 4.69) is 0 Å². The van der Waals surface area contributed by atoms with Gasteiger partial charge in [0, 0.05) is 12.8 Å². The zero-order valence-electron chi connectivity index (χ0n) is 12.5. The normalized spacial score (nSPS) is 16.8. The van der Waals surface area contributed by atoms with Crippen LogP contribution in [0.3, 0.4) is 0 Å². The van der Waals surface area contributed by atoms with Crippen molar-refractivity contribution in [2.45, 2.75) is 32.3 Å². The summed E-state index contributed by atoms with van der Waals surface area (Å²) in [4.78, 5) is 24.2. The molecule has 3 heteroatoms. The Morgan fingerprint density at radius 2 is 1.91 bits per heavy atom. The lowest BCUT2D eigenvalue weighted by Crippen LogP contribution is -2.34. The Labute approximate surface area is 129 Å². The topological polar surface area (TPSA) is 43.4 Å². The molecule has 1 aliphatic rings. The Morgan fingerprint density at radius 3 is 2.64 bits per heavy atom. The molecule has 1 aliphatic heterocycles. The molecular formula is C19H18O3. The lowest BCUT2D eigenvalue weighted by atomic mass is 9.90. The third-order valence-electron chi connectivity index (χ3n) is 4.04.